The van der Waals surface area contributed by atoms with E-state index in [2.05, 4.69) is 9.97 Å². The van der Waals surface area contributed by atoms with Crippen molar-refractivity contribution in [2.24, 2.45) is 5.73 Å². The number of hydrogen-bond acceptors (Lipinski definition) is 5. The lowest BCUT2D eigenvalue weighted by Crippen LogP contribution is -2.17. The van der Waals surface area contributed by atoms with Crippen LogP contribution in [0.5, 0.6) is 5.75 Å². The van der Waals surface area contributed by atoms with Crippen molar-refractivity contribution in [1.82, 2.24) is 9.97 Å². The minimum absolute atomic E-state index is 0.0241. The summed E-state index contributed by atoms with van der Waals surface area (Å²) in [5, 5.41) is 10.6. The molecule has 2 heterocycles. The Kier molecular flexibility index (Phi) is 3.14. The summed E-state index contributed by atoms with van der Waals surface area (Å²) >= 11 is 0. The second kappa shape index (κ2) is 5.00. The Bertz CT molecular complexity index is 906. The summed E-state index contributed by atoms with van der Waals surface area (Å²) in [6.45, 7) is 1.77. The van der Waals surface area contributed by atoms with Crippen molar-refractivity contribution in [2.45, 2.75) is 6.92 Å². The molecule has 110 valence electrons. The Morgan fingerprint density at radius 1 is 1.23 bits per heavy atom. The maximum absolute atomic E-state index is 11.6. The third kappa shape index (κ3) is 2.01. The van der Waals surface area contributed by atoms with Crippen LogP contribution in [0.25, 0.3) is 22.2 Å². The Morgan fingerprint density at radius 2 is 2.00 bits per heavy atom. The average molecular weight is 294 g/mol. The van der Waals surface area contributed by atoms with Gasteiger partial charge < -0.3 is 16.6 Å². The molecule has 0 radical (unpaired) electrons. The molecule has 2 aromatic heterocycles. The van der Waals surface area contributed by atoms with Crippen LogP contribution < -0.4 is 11.5 Å². The summed E-state index contributed by atoms with van der Waals surface area (Å²) in [5.41, 5.74) is 14.0. The molecule has 0 aliphatic carbocycles. The fourth-order valence-electron chi connectivity index (χ4n) is 2.48. The highest BCUT2D eigenvalue weighted by atomic mass is 16.3. The van der Waals surface area contributed by atoms with E-state index in [9.17, 15) is 9.90 Å². The standard InChI is InChI=1S/C16H14N4O2/c1-8-9(4-2-6-11(8)21)12-10-5-3-7-19-16(10)20-14(13(12)17)15(18)22/h2-7,21H,17H2,1H3,(H2,18,22). The molecule has 1 amide bonds. The monoisotopic (exact) mass is 294 g/mol. The number of phenolic OH excluding ortho intramolecular Hbond substituents is 1. The van der Waals surface area contributed by atoms with E-state index in [4.69, 9.17) is 11.5 Å². The summed E-state index contributed by atoms with van der Waals surface area (Å²) in [6.07, 6.45) is 1.58. The van der Waals surface area contributed by atoms with E-state index in [1.54, 1.807) is 31.3 Å². The third-order valence-electron chi connectivity index (χ3n) is 3.61. The van der Waals surface area contributed by atoms with Crippen molar-refractivity contribution < 1.29 is 9.90 Å². The second-order valence-corrected chi connectivity index (χ2v) is 4.94. The highest BCUT2D eigenvalue weighted by molar-refractivity contribution is 6.08. The van der Waals surface area contributed by atoms with Gasteiger partial charge in [0.05, 0.1) is 5.69 Å². The predicted octanol–water partition coefficient (Wildman–Crippen LogP) is 1.99. The van der Waals surface area contributed by atoms with E-state index < -0.39 is 5.91 Å². The smallest absolute Gasteiger partial charge is 0.269 e. The first-order chi connectivity index (χ1) is 10.5. The highest BCUT2D eigenvalue weighted by Crippen LogP contribution is 2.38. The lowest BCUT2D eigenvalue weighted by atomic mass is 9.95. The molecule has 0 fully saturated rings. The lowest BCUT2D eigenvalue weighted by Gasteiger charge is -2.14. The fraction of sp³-hybridized carbons (Fsp3) is 0.0625. The third-order valence-corrected chi connectivity index (χ3v) is 3.61. The number of primary amides is 1. The molecule has 6 heteroatoms. The van der Waals surface area contributed by atoms with Crippen molar-refractivity contribution in [3.63, 3.8) is 0 Å². The summed E-state index contributed by atoms with van der Waals surface area (Å²) in [5.74, 6) is -0.574. The van der Waals surface area contributed by atoms with E-state index >= 15 is 0 Å². The molecule has 0 saturated carbocycles. The molecule has 0 saturated heterocycles. The van der Waals surface area contributed by atoms with Crippen molar-refractivity contribution in [3.05, 3.63) is 47.8 Å². The molecule has 22 heavy (non-hydrogen) atoms. The van der Waals surface area contributed by atoms with Crippen LogP contribution in [0.15, 0.2) is 36.5 Å². The zero-order valence-corrected chi connectivity index (χ0v) is 11.9. The summed E-state index contributed by atoms with van der Waals surface area (Å²) in [7, 11) is 0. The number of pyridine rings is 2. The molecule has 1 aromatic carbocycles. The van der Waals surface area contributed by atoms with Gasteiger partial charge in [-0.3, -0.25) is 4.79 Å². The minimum Gasteiger partial charge on any atom is -0.508 e. The molecule has 3 aromatic rings. The average Bonchev–Trinajstić information content (AvgIpc) is 2.50. The first-order valence-corrected chi connectivity index (χ1v) is 6.63. The van der Waals surface area contributed by atoms with Crippen LogP contribution in [0.1, 0.15) is 16.1 Å². The quantitative estimate of drug-likeness (QED) is 0.668. The molecule has 0 bridgehead atoms. The molecular weight excluding hydrogens is 280 g/mol. The Labute approximate surface area is 126 Å². The van der Waals surface area contributed by atoms with E-state index in [1.807, 2.05) is 12.1 Å². The maximum atomic E-state index is 11.6. The summed E-state index contributed by atoms with van der Waals surface area (Å²) in [4.78, 5) is 19.9. The van der Waals surface area contributed by atoms with Gasteiger partial charge in [-0.15, -0.1) is 0 Å². The van der Waals surface area contributed by atoms with Gasteiger partial charge in [-0.1, -0.05) is 12.1 Å². The fourth-order valence-corrected chi connectivity index (χ4v) is 2.48. The number of hydrogen-bond donors (Lipinski definition) is 3. The maximum Gasteiger partial charge on any atom is 0.269 e. The first-order valence-electron chi connectivity index (χ1n) is 6.63. The molecule has 0 unspecified atom stereocenters. The van der Waals surface area contributed by atoms with Crippen molar-refractivity contribution in [2.75, 3.05) is 5.73 Å². The molecule has 0 atom stereocenters. The van der Waals surface area contributed by atoms with Gasteiger partial charge in [-0.25, -0.2) is 9.97 Å². The first kappa shape index (κ1) is 13.8. The number of aromatic nitrogens is 2. The second-order valence-electron chi connectivity index (χ2n) is 4.94. The molecule has 0 aliphatic rings. The normalized spacial score (nSPS) is 10.8. The predicted molar refractivity (Wildman–Crippen MR) is 84.3 cm³/mol. The topological polar surface area (TPSA) is 115 Å². The number of rotatable bonds is 2. The van der Waals surface area contributed by atoms with Gasteiger partial charge >= 0.3 is 0 Å². The minimum atomic E-state index is -0.718. The van der Waals surface area contributed by atoms with E-state index in [-0.39, 0.29) is 17.1 Å². The molecule has 6 nitrogen and oxygen atoms in total. The van der Waals surface area contributed by atoms with E-state index in [0.717, 1.165) is 0 Å². The number of fused-ring (bicyclic) bond motifs is 1. The van der Waals surface area contributed by atoms with Gasteiger partial charge in [-0.2, -0.15) is 0 Å². The number of anilines is 1. The van der Waals surface area contributed by atoms with Gasteiger partial charge in [0.2, 0.25) is 0 Å². The number of carbonyl (C=O) groups excluding carboxylic acids is 1. The molecule has 3 rings (SSSR count). The molecule has 5 N–H and O–H groups in total. The van der Waals surface area contributed by atoms with Crippen LogP contribution in [-0.4, -0.2) is 21.0 Å². The van der Waals surface area contributed by atoms with Crippen LogP contribution in [0.2, 0.25) is 0 Å². The van der Waals surface area contributed by atoms with Crippen molar-refractivity contribution >= 4 is 22.6 Å². The molecular formula is C16H14N4O2. The van der Waals surface area contributed by atoms with Crippen molar-refractivity contribution in [1.29, 1.82) is 0 Å². The summed E-state index contributed by atoms with van der Waals surface area (Å²) < 4.78 is 0. The Balaban J connectivity index is 2.49. The van der Waals surface area contributed by atoms with Crippen LogP contribution in [0, 0.1) is 6.92 Å². The van der Waals surface area contributed by atoms with Gasteiger partial charge in [0, 0.05) is 17.1 Å². The largest absolute Gasteiger partial charge is 0.508 e. The number of nitrogen functional groups attached to an aromatic ring is 1. The number of nitrogens with zero attached hydrogens (tertiary/aromatic N) is 2. The lowest BCUT2D eigenvalue weighted by molar-refractivity contribution is 0.0997. The van der Waals surface area contributed by atoms with E-state index in [0.29, 0.717) is 27.7 Å². The Hall–Kier alpha value is -3.15. The van der Waals surface area contributed by atoms with E-state index in [1.165, 1.54) is 0 Å². The van der Waals surface area contributed by atoms with Crippen LogP contribution in [-0.2, 0) is 0 Å². The number of amides is 1. The number of nitrogens with two attached hydrogens (primary N) is 2. The highest BCUT2D eigenvalue weighted by Gasteiger charge is 2.19. The van der Waals surface area contributed by atoms with Gasteiger partial charge in [-0.05, 0) is 36.2 Å². The summed E-state index contributed by atoms with van der Waals surface area (Å²) in [6, 6.07) is 8.69. The molecule has 0 spiro atoms. The van der Waals surface area contributed by atoms with Gasteiger partial charge in [0.1, 0.15) is 5.75 Å². The number of benzene rings is 1. The number of carbonyl (C=O) groups is 1. The van der Waals surface area contributed by atoms with Crippen LogP contribution >= 0.6 is 0 Å². The van der Waals surface area contributed by atoms with Crippen molar-refractivity contribution in [3.8, 4) is 16.9 Å². The Morgan fingerprint density at radius 3 is 2.73 bits per heavy atom. The van der Waals surface area contributed by atoms with Crippen LogP contribution in [0.3, 0.4) is 0 Å². The number of phenols is 1. The SMILES string of the molecule is Cc1c(O)cccc1-c1c(N)c(C(N)=O)nc2ncccc12. The zero-order chi connectivity index (χ0) is 15.9. The molecule has 0 aliphatic heterocycles. The van der Waals surface area contributed by atoms with Crippen LogP contribution in [0.4, 0.5) is 5.69 Å². The van der Waals surface area contributed by atoms with Gasteiger partial charge in [0.15, 0.2) is 11.3 Å². The van der Waals surface area contributed by atoms with Gasteiger partial charge in [0.25, 0.3) is 5.91 Å². The zero-order valence-electron chi connectivity index (χ0n) is 11.9. The number of aromatic hydroxyl groups is 1.